The van der Waals surface area contributed by atoms with Crippen molar-refractivity contribution >= 4 is 35.2 Å². The molecule has 7 heteroatoms. The van der Waals surface area contributed by atoms with Crippen LogP contribution in [0.3, 0.4) is 0 Å². The number of amides is 1. The first-order chi connectivity index (χ1) is 11.6. The first-order valence-corrected chi connectivity index (χ1v) is 9.78. The first kappa shape index (κ1) is 17.2. The van der Waals surface area contributed by atoms with Crippen LogP contribution >= 0.6 is 23.5 Å². The van der Waals surface area contributed by atoms with E-state index >= 15 is 0 Å². The van der Waals surface area contributed by atoms with Gasteiger partial charge in [-0.25, -0.2) is 0 Å². The van der Waals surface area contributed by atoms with Crippen LogP contribution in [0.4, 0.5) is 5.82 Å². The van der Waals surface area contributed by atoms with Crippen molar-refractivity contribution in [2.24, 2.45) is 0 Å². The van der Waals surface area contributed by atoms with Gasteiger partial charge in [0.15, 0.2) is 5.82 Å². The van der Waals surface area contributed by atoms with Gasteiger partial charge in [0.1, 0.15) is 0 Å². The number of carbonyl (C=O) groups excluding carboxylic acids is 1. The topological polar surface area (TPSA) is 49.3 Å². The third-order valence-corrected chi connectivity index (χ3v) is 5.44. The van der Waals surface area contributed by atoms with Crippen molar-refractivity contribution in [3.05, 3.63) is 36.0 Å². The third kappa shape index (κ3) is 4.48. The van der Waals surface area contributed by atoms with Gasteiger partial charge in [-0.05, 0) is 17.7 Å². The average Bonchev–Trinajstić information content (AvgIpc) is 3.11. The van der Waals surface area contributed by atoms with E-state index in [0.29, 0.717) is 11.7 Å². The minimum atomic E-state index is 0.204. The molecule has 5 nitrogen and oxygen atoms in total. The van der Waals surface area contributed by atoms with Crippen LogP contribution in [0, 0.1) is 0 Å². The fraction of sp³-hybridized carbons (Fsp3) is 0.471. The zero-order valence-corrected chi connectivity index (χ0v) is 15.6. The highest BCUT2D eigenvalue weighted by Gasteiger charge is 2.22. The standard InChI is InChI=1S/C17H22N4OS2/c1-13(2)23-15-5-3-14(4-6-15)11-17(22)21-9-7-20(8-10-21)16-12-18-24-19-16/h3-6,12-13H,7-11H2,1-2H3. The van der Waals surface area contributed by atoms with Gasteiger partial charge in [-0.2, -0.15) is 8.75 Å². The second kappa shape index (κ2) is 7.98. The lowest BCUT2D eigenvalue weighted by Gasteiger charge is -2.34. The Bertz CT molecular complexity index is 650. The minimum Gasteiger partial charge on any atom is -0.351 e. The summed E-state index contributed by atoms with van der Waals surface area (Å²) in [5, 5.41) is 0.571. The predicted octanol–water partition coefficient (Wildman–Crippen LogP) is 2.93. The van der Waals surface area contributed by atoms with Gasteiger partial charge in [0.25, 0.3) is 0 Å². The van der Waals surface area contributed by atoms with Crippen LogP contribution in [0.5, 0.6) is 0 Å². The van der Waals surface area contributed by atoms with Gasteiger partial charge in [-0.3, -0.25) is 4.79 Å². The third-order valence-electron chi connectivity index (χ3n) is 3.96. The second-order valence-electron chi connectivity index (χ2n) is 6.12. The van der Waals surface area contributed by atoms with Gasteiger partial charge >= 0.3 is 0 Å². The van der Waals surface area contributed by atoms with E-state index in [1.807, 2.05) is 16.7 Å². The maximum atomic E-state index is 12.5. The average molecular weight is 363 g/mol. The quantitative estimate of drug-likeness (QED) is 0.766. The van der Waals surface area contributed by atoms with Crippen LogP contribution in [0.25, 0.3) is 0 Å². The Morgan fingerprint density at radius 3 is 2.50 bits per heavy atom. The largest absolute Gasteiger partial charge is 0.351 e. The minimum absolute atomic E-state index is 0.204. The zero-order chi connectivity index (χ0) is 16.9. The summed E-state index contributed by atoms with van der Waals surface area (Å²) in [6, 6.07) is 8.36. The molecule has 2 heterocycles. The van der Waals surface area contributed by atoms with Crippen LogP contribution < -0.4 is 4.90 Å². The first-order valence-electron chi connectivity index (χ1n) is 8.17. The van der Waals surface area contributed by atoms with Crippen LogP contribution in [0.15, 0.2) is 35.4 Å². The molecule has 0 atom stereocenters. The van der Waals surface area contributed by atoms with Crippen LogP contribution in [-0.2, 0) is 11.2 Å². The highest BCUT2D eigenvalue weighted by molar-refractivity contribution is 7.99. The summed E-state index contributed by atoms with van der Waals surface area (Å²) in [4.78, 5) is 17.9. The van der Waals surface area contributed by atoms with Gasteiger partial charge in [0.05, 0.1) is 24.3 Å². The van der Waals surface area contributed by atoms with Gasteiger partial charge in [0, 0.05) is 36.3 Å². The fourth-order valence-corrected chi connectivity index (χ4v) is 4.00. The van der Waals surface area contributed by atoms with Crippen molar-refractivity contribution in [1.29, 1.82) is 0 Å². The molecule has 0 spiro atoms. The summed E-state index contributed by atoms with van der Waals surface area (Å²) < 4.78 is 8.30. The Labute approximate surface area is 151 Å². The molecular weight excluding hydrogens is 340 g/mol. The lowest BCUT2D eigenvalue weighted by atomic mass is 10.1. The molecule has 24 heavy (non-hydrogen) atoms. The summed E-state index contributed by atoms with van der Waals surface area (Å²) >= 11 is 3.06. The highest BCUT2D eigenvalue weighted by atomic mass is 32.2. The van der Waals surface area contributed by atoms with Crippen molar-refractivity contribution in [3.63, 3.8) is 0 Å². The van der Waals surface area contributed by atoms with E-state index in [9.17, 15) is 4.79 Å². The molecule has 0 radical (unpaired) electrons. The van der Waals surface area contributed by atoms with E-state index in [0.717, 1.165) is 37.6 Å². The lowest BCUT2D eigenvalue weighted by Crippen LogP contribution is -2.49. The number of anilines is 1. The van der Waals surface area contributed by atoms with Crippen molar-refractivity contribution < 1.29 is 4.79 Å². The number of aromatic nitrogens is 2. The fourth-order valence-electron chi connectivity index (χ4n) is 2.73. The summed E-state index contributed by atoms with van der Waals surface area (Å²) in [5.41, 5.74) is 1.08. The number of hydrogen-bond acceptors (Lipinski definition) is 6. The zero-order valence-electron chi connectivity index (χ0n) is 14.0. The van der Waals surface area contributed by atoms with Gasteiger partial charge in [-0.15, -0.1) is 11.8 Å². The molecule has 1 fully saturated rings. The molecule has 0 saturated carbocycles. The normalized spacial score (nSPS) is 15.1. The molecule has 1 amide bonds. The Kier molecular flexibility index (Phi) is 5.73. The summed E-state index contributed by atoms with van der Waals surface area (Å²) in [5.74, 6) is 1.13. The Balaban J connectivity index is 1.50. The highest BCUT2D eigenvalue weighted by Crippen LogP contribution is 2.23. The van der Waals surface area contributed by atoms with Crippen molar-refractivity contribution in [2.45, 2.75) is 30.4 Å². The van der Waals surface area contributed by atoms with Crippen molar-refractivity contribution in [1.82, 2.24) is 13.6 Å². The molecular formula is C17H22N4OS2. The molecule has 1 aromatic heterocycles. The summed E-state index contributed by atoms with van der Waals surface area (Å²) in [6.45, 7) is 7.50. The smallest absolute Gasteiger partial charge is 0.227 e. The molecule has 1 saturated heterocycles. The Morgan fingerprint density at radius 2 is 1.92 bits per heavy atom. The van der Waals surface area contributed by atoms with Gasteiger partial charge < -0.3 is 9.80 Å². The number of thioether (sulfide) groups is 1. The number of rotatable bonds is 5. The SMILES string of the molecule is CC(C)Sc1ccc(CC(=O)N2CCN(c3cnsn3)CC2)cc1. The van der Waals surface area contributed by atoms with Crippen LogP contribution in [0.1, 0.15) is 19.4 Å². The Hall–Kier alpha value is -1.60. The molecule has 1 aromatic carbocycles. The van der Waals surface area contributed by atoms with E-state index in [1.54, 1.807) is 6.20 Å². The second-order valence-corrected chi connectivity index (χ2v) is 8.33. The van der Waals surface area contributed by atoms with E-state index < -0.39 is 0 Å². The van der Waals surface area contributed by atoms with E-state index in [2.05, 4.69) is 51.8 Å². The molecule has 1 aliphatic heterocycles. The Morgan fingerprint density at radius 1 is 1.21 bits per heavy atom. The molecule has 0 bridgehead atoms. The molecule has 1 aliphatic rings. The van der Waals surface area contributed by atoms with Crippen molar-refractivity contribution in [2.75, 3.05) is 31.1 Å². The molecule has 2 aromatic rings. The molecule has 0 N–H and O–H groups in total. The lowest BCUT2D eigenvalue weighted by molar-refractivity contribution is -0.130. The van der Waals surface area contributed by atoms with Gasteiger partial charge in [0.2, 0.25) is 5.91 Å². The number of carbonyl (C=O) groups is 1. The number of nitrogens with zero attached hydrogens (tertiary/aromatic N) is 4. The van der Waals surface area contributed by atoms with E-state index in [-0.39, 0.29) is 5.91 Å². The predicted molar refractivity (Wildman–Crippen MR) is 99.8 cm³/mol. The maximum absolute atomic E-state index is 12.5. The summed E-state index contributed by atoms with van der Waals surface area (Å²) in [6.07, 6.45) is 2.27. The monoisotopic (exact) mass is 362 g/mol. The number of piperazine rings is 1. The molecule has 0 aliphatic carbocycles. The number of hydrogen-bond donors (Lipinski definition) is 0. The van der Waals surface area contributed by atoms with E-state index in [1.165, 1.54) is 16.6 Å². The van der Waals surface area contributed by atoms with E-state index in [4.69, 9.17) is 0 Å². The van der Waals surface area contributed by atoms with Crippen LogP contribution in [-0.4, -0.2) is 51.0 Å². The maximum Gasteiger partial charge on any atom is 0.227 e. The van der Waals surface area contributed by atoms with Crippen LogP contribution in [0.2, 0.25) is 0 Å². The molecule has 0 unspecified atom stereocenters. The molecule has 3 rings (SSSR count). The molecule has 128 valence electrons. The van der Waals surface area contributed by atoms with Gasteiger partial charge in [-0.1, -0.05) is 26.0 Å². The summed E-state index contributed by atoms with van der Waals surface area (Å²) in [7, 11) is 0. The number of benzene rings is 1. The van der Waals surface area contributed by atoms with Crippen molar-refractivity contribution in [3.8, 4) is 0 Å².